The Kier molecular flexibility index (Phi) is 6.86. The van der Waals surface area contributed by atoms with Crippen molar-refractivity contribution in [2.24, 2.45) is 0 Å². The number of halogens is 3. The van der Waals surface area contributed by atoms with E-state index in [-0.39, 0.29) is 35.1 Å². The van der Waals surface area contributed by atoms with Gasteiger partial charge in [-0.15, -0.1) is 0 Å². The van der Waals surface area contributed by atoms with Crippen LogP contribution >= 0.6 is 0 Å². The van der Waals surface area contributed by atoms with E-state index in [0.29, 0.717) is 0 Å². The van der Waals surface area contributed by atoms with Gasteiger partial charge in [0.25, 0.3) is 11.6 Å². The average molecular weight is 414 g/mol. The molecule has 0 unspecified atom stereocenters. The minimum absolute atomic E-state index is 0.0761. The summed E-state index contributed by atoms with van der Waals surface area (Å²) in [5, 5.41) is 13.7. The number of anilines is 1. The molecule has 0 aromatic heterocycles. The van der Waals surface area contributed by atoms with E-state index in [4.69, 9.17) is 14.2 Å². The molecule has 2 rings (SSSR count). The van der Waals surface area contributed by atoms with Crippen molar-refractivity contribution in [1.29, 1.82) is 0 Å². The summed E-state index contributed by atoms with van der Waals surface area (Å²) in [4.78, 5) is 23.3. The summed E-state index contributed by atoms with van der Waals surface area (Å²) in [5.41, 5.74) is -0.995. The van der Waals surface area contributed by atoms with Gasteiger partial charge in [0.15, 0.2) is 18.1 Å². The number of nitro groups is 1. The van der Waals surface area contributed by atoms with Gasteiger partial charge in [-0.2, -0.15) is 13.2 Å². The molecule has 0 aliphatic rings. The zero-order valence-electron chi connectivity index (χ0n) is 15.4. The molecule has 11 heteroatoms. The van der Waals surface area contributed by atoms with Crippen LogP contribution in [0.5, 0.6) is 17.2 Å². The molecule has 1 N–H and O–H groups in total. The fourth-order valence-corrected chi connectivity index (χ4v) is 2.35. The van der Waals surface area contributed by atoms with Crippen molar-refractivity contribution in [2.75, 3.05) is 25.6 Å². The first-order chi connectivity index (χ1) is 13.7. The largest absolute Gasteiger partial charge is 0.493 e. The van der Waals surface area contributed by atoms with Crippen molar-refractivity contribution >= 4 is 17.3 Å². The second-order valence-electron chi connectivity index (χ2n) is 5.56. The number of carbonyl (C=O) groups is 1. The Bertz CT molecular complexity index is 902. The highest BCUT2D eigenvalue weighted by Crippen LogP contribution is 2.36. The van der Waals surface area contributed by atoms with Gasteiger partial charge >= 0.3 is 6.18 Å². The summed E-state index contributed by atoms with van der Waals surface area (Å²) < 4.78 is 52.3. The molecule has 156 valence electrons. The molecule has 0 aliphatic carbocycles. The van der Waals surface area contributed by atoms with Crippen LogP contribution in [0.1, 0.15) is 17.3 Å². The summed E-state index contributed by atoms with van der Waals surface area (Å²) in [6.07, 6.45) is -4.57. The molecule has 0 spiro atoms. The maximum absolute atomic E-state index is 12.6. The lowest BCUT2D eigenvalue weighted by atomic mass is 10.1. The van der Waals surface area contributed by atoms with Crippen LogP contribution in [0.15, 0.2) is 36.4 Å². The second-order valence-corrected chi connectivity index (χ2v) is 5.56. The Labute approximate surface area is 163 Å². The first-order valence-corrected chi connectivity index (χ1v) is 8.25. The summed E-state index contributed by atoms with van der Waals surface area (Å²) >= 11 is 0. The van der Waals surface area contributed by atoms with E-state index in [1.54, 1.807) is 6.92 Å². The van der Waals surface area contributed by atoms with E-state index in [9.17, 15) is 28.1 Å². The first-order valence-electron chi connectivity index (χ1n) is 8.25. The van der Waals surface area contributed by atoms with Crippen LogP contribution in [0.25, 0.3) is 0 Å². The third kappa shape index (κ3) is 5.74. The fourth-order valence-electron chi connectivity index (χ4n) is 2.35. The van der Waals surface area contributed by atoms with Crippen molar-refractivity contribution < 1.29 is 37.1 Å². The number of carbonyl (C=O) groups excluding carboxylic acids is 1. The molecule has 0 atom stereocenters. The van der Waals surface area contributed by atoms with Crippen LogP contribution in [0, 0.1) is 10.1 Å². The zero-order valence-corrected chi connectivity index (χ0v) is 15.4. The van der Waals surface area contributed by atoms with Crippen molar-refractivity contribution in [1.82, 2.24) is 0 Å². The summed E-state index contributed by atoms with van der Waals surface area (Å²) in [7, 11) is 1.30. The van der Waals surface area contributed by atoms with Gasteiger partial charge in [0.1, 0.15) is 11.3 Å². The third-order valence-electron chi connectivity index (χ3n) is 3.55. The van der Waals surface area contributed by atoms with Gasteiger partial charge in [0.05, 0.1) is 30.4 Å². The molecule has 8 nitrogen and oxygen atoms in total. The molecule has 0 bridgehead atoms. The van der Waals surface area contributed by atoms with Gasteiger partial charge < -0.3 is 19.5 Å². The SMILES string of the molecule is CCOc1cc([N+](=O)[O-])c(C(=O)Nc2ccccc2OCC(F)(F)F)cc1OC. The lowest BCUT2D eigenvalue weighted by Crippen LogP contribution is -2.20. The van der Waals surface area contributed by atoms with Gasteiger partial charge in [-0.25, -0.2) is 0 Å². The lowest BCUT2D eigenvalue weighted by Gasteiger charge is -2.15. The van der Waals surface area contributed by atoms with Crippen LogP contribution in [-0.4, -0.2) is 37.3 Å². The van der Waals surface area contributed by atoms with Crippen molar-refractivity contribution in [3.05, 3.63) is 52.1 Å². The molecule has 1 amide bonds. The highest BCUT2D eigenvalue weighted by atomic mass is 19.4. The topological polar surface area (TPSA) is 99.9 Å². The highest BCUT2D eigenvalue weighted by Gasteiger charge is 2.29. The number of nitrogens with one attached hydrogen (secondary N) is 1. The van der Waals surface area contributed by atoms with Crippen LogP contribution in [0.3, 0.4) is 0 Å². The minimum Gasteiger partial charge on any atom is -0.493 e. The van der Waals surface area contributed by atoms with Gasteiger partial charge in [0.2, 0.25) is 0 Å². The molecular weight excluding hydrogens is 397 g/mol. The van der Waals surface area contributed by atoms with E-state index < -0.39 is 29.3 Å². The lowest BCUT2D eigenvalue weighted by molar-refractivity contribution is -0.385. The molecular formula is C18H17F3N2O6. The van der Waals surface area contributed by atoms with Gasteiger partial charge in [-0.1, -0.05) is 12.1 Å². The molecule has 2 aromatic rings. The van der Waals surface area contributed by atoms with Gasteiger partial charge in [0, 0.05) is 6.07 Å². The zero-order chi connectivity index (χ0) is 21.6. The number of hydrogen-bond donors (Lipinski definition) is 1. The van der Waals surface area contributed by atoms with E-state index >= 15 is 0 Å². The number of nitrogens with zero attached hydrogens (tertiary/aromatic N) is 1. The predicted molar refractivity (Wildman–Crippen MR) is 96.8 cm³/mol. The number of para-hydroxylation sites is 2. The number of nitro benzene ring substituents is 1. The first kappa shape index (κ1) is 21.8. The van der Waals surface area contributed by atoms with Crippen molar-refractivity contribution in [3.8, 4) is 17.2 Å². The summed E-state index contributed by atoms with van der Waals surface area (Å²) in [5.74, 6) is -1.00. The Morgan fingerprint density at radius 3 is 2.41 bits per heavy atom. The number of amides is 1. The Morgan fingerprint density at radius 2 is 1.83 bits per heavy atom. The number of rotatable bonds is 8. The van der Waals surface area contributed by atoms with Crippen LogP contribution in [0.2, 0.25) is 0 Å². The van der Waals surface area contributed by atoms with Gasteiger partial charge in [-0.3, -0.25) is 14.9 Å². The monoisotopic (exact) mass is 414 g/mol. The van der Waals surface area contributed by atoms with Gasteiger partial charge in [-0.05, 0) is 19.1 Å². The van der Waals surface area contributed by atoms with Crippen LogP contribution in [-0.2, 0) is 0 Å². The number of hydrogen-bond acceptors (Lipinski definition) is 6. The normalized spacial score (nSPS) is 10.9. The Hall–Kier alpha value is -3.50. The quantitative estimate of drug-likeness (QED) is 0.513. The predicted octanol–water partition coefficient (Wildman–Crippen LogP) is 4.20. The maximum atomic E-state index is 12.6. The fraction of sp³-hybridized carbons (Fsp3) is 0.278. The molecule has 2 aromatic carbocycles. The van der Waals surface area contributed by atoms with Crippen molar-refractivity contribution in [3.63, 3.8) is 0 Å². The number of ether oxygens (including phenoxy) is 3. The number of methoxy groups -OCH3 is 1. The average Bonchev–Trinajstić information content (AvgIpc) is 2.66. The second kappa shape index (κ2) is 9.13. The molecule has 0 fully saturated rings. The highest BCUT2D eigenvalue weighted by molar-refractivity contribution is 6.08. The minimum atomic E-state index is -4.57. The molecule has 0 radical (unpaired) electrons. The van der Waals surface area contributed by atoms with E-state index in [2.05, 4.69) is 5.32 Å². The summed E-state index contributed by atoms with van der Waals surface area (Å²) in [6.45, 7) is 0.323. The smallest absolute Gasteiger partial charge is 0.422 e. The molecule has 0 saturated carbocycles. The molecule has 29 heavy (non-hydrogen) atoms. The number of benzene rings is 2. The van der Waals surface area contributed by atoms with Crippen LogP contribution < -0.4 is 19.5 Å². The Balaban J connectivity index is 2.37. The molecule has 0 heterocycles. The maximum Gasteiger partial charge on any atom is 0.422 e. The van der Waals surface area contributed by atoms with Crippen molar-refractivity contribution in [2.45, 2.75) is 13.1 Å². The molecule has 0 saturated heterocycles. The molecule has 0 aliphatic heterocycles. The van der Waals surface area contributed by atoms with Crippen LogP contribution in [0.4, 0.5) is 24.5 Å². The van der Waals surface area contributed by atoms with E-state index in [0.717, 1.165) is 12.1 Å². The summed E-state index contributed by atoms with van der Waals surface area (Å²) in [6, 6.07) is 7.59. The number of alkyl halides is 3. The van der Waals surface area contributed by atoms with E-state index in [1.165, 1.54) is 31.4 Å². The standard InChI is InChI=1S/C18H17F3N2O6/c1-3-28-16-9-13(23(25)26)11(8-15(16)27-2)17(24)22-12-6-4-5-7-14(12)29-10-18(19,20)21/h4-9H,3,10H2,1-2H3,(H,22,24). The van der Waals surface area contributed by atoms with E-state index in [1.807, 2.05) is 0 Å². The Morgan fingerprint density at radius 1 is 1.14 bits per heavy atom. The third-order valence-corrected chi connectivity index (χ3v) is 3.55.